The van der Waals surface area contributed by atoms with Crippen LogP contribution in [0.3, 0.4) is 0 Å². The van der Waals surface area contributed by atoms with Crippen molar-refractivity contribution in [2.75, 3.05) is 13.2 Å². The quantitative estimate of drug-likeness (QED) is 0.736. The lowest BCUT2D eigenvalue weighted by molar-refractivity contribution is -0.143. The summed E-state index contributed by atoms with van der Waals surface area (Å²) in [6.07, 6.45) is 6.32. The maximum Gasteiger partial charge on any atom is 0.305 e. The van der Waals surface area contributed by atoms with Crippen molar-refractivity contribution in [3.8, 4) is 0 Å². The summed E-state index contributed by atoms with van der Waals surface area (Å²) in [4.78, 5) is 13.8. The van der Waals surface area contributed by atoms with Gasteiger partial charge in [-0.3, -0.25) is 9.69 Å². The van der Waals surface area contributed by atoms with Crippen molar-refractivity contribution in [2.24, 2.45) is 5.73 Å². The van der Waals surface area contributed by atoms with Crippen molar-refractivity contribution in [2.45, 2.75) is 63.6 Å². The fraction of sp³-hybridized carbons (Fsp3) is 0.923. The van der Waals surface area contributed by atoms with Crippen molar-refractivity contribution in [1.82, 2.24) is 4.90 Å². The van der Waals surface area contributed by atoms with E-state index >= 15 is 0 Å². The number of piperidine rings is 1. The largest absolute Gasteiger partial charge is 0.466 e. The molecule has 2 heterocycles. The second kappa shape index (κ2) is 5.83. The number of ether oxygens (including phenoxy) is 1. The third-order valence-electron chi connectivity index (χ3n) is 4.02. The van der Waals surface area contributed by atoms with E-state index < -0.39 is 0 Å². The molecule has 0 aliphatic carbocycles. The van der Waals surface area contributed by atoms with E-state index in [1.165, 1.54) is 12.8 Å². The second-order valence-corrected chi connectivity index (χ2v) is 5.26. The second-order valence-electron chi connectivity index (χ2n) is 5.26. The van der Waals surface area contributed by atoms with Crippen LogP contribution in [0, 0.1) is 0 Å². The van der Waals surface area contributed by atoms with Crippen LogP contribution in [0.1, 0.15) is 45.4 Å². The minimum Gasteiger partial charge on any atom is -0.466 e. The van der Waals surface area contributed by atoms with E-state index in [-0.39, 0.29) is 5.97 Å². The van der Waals surface area contributed by atoms with Gasteiger partial charge in [0, 0.05) is 24.5 Å². The highest BCUT2D eigenvalue weighted by Crippen LogP contribution is 2.35. The smallest absolute Gasteiger partial charge is 0.305 e. The summed E-state index contributed by atoms with van der Waals surface area (Å²) in [5.41, 5.74) is 6.03. The zero-order valence-corrected chi connectivity index (χ0v) is 10.7. The average Bonchev–Trinajstić information content (AvgIpc) is 2.53. The van der Waals surface area contributed by atoms with E-state index in [4.69, 9.17) is 10.5 Å². The molecule has 2 saturated heterocycles. The fourth-order valence-corrected chi connectivity index (χ4v) is 3.32. The summed E-state index contributed by atoms with van der Waals surface area (Å²) < 4.78 is 4.94. The van der Waals surface area contributed by atoms with Crippen molar-refractivity contribution < 1.29 is 9.53 Å². The predicted octanol–water partition coefficient (Wildman–Crippen LogP) is 1.28. The number of hydrogen-bond acceptors (Lipinski definition) is 4. The normalized spacial score (nSPS) is 32.7. The molecule has 2 aliphatic heterocycles. The molecule has 2 aliphatic rings. The molecule has 0 saturated carbocycles. The molecule has 0 aromatic carbocycles. The van der Waals surface area contributed by atoms with Gasteiger partial charge in [0.25, 0.3) is 0 Å². The van der Waals surface area contributed by atoms with Crippen LogP contribution in [-0.2, 0) is 9.53 Å². The van der Waals surface area contributed by atoms with Gasteiger partial charge in [0.05, 0.1) is 6.61 Å². The van der Waals surface area contributed by atoms with Crippen molar-refractivity contribution >= 4 is 5.97 Å². The molecule has 2 fully saturated rings. The van der Waals surface area contributed by atoms with Gasteiger partial charge in [-0.25, -0.2) is 0 Å². The van der Waals surface area contributed by atoms with Crippen LogP contribution in [0.25, 0.3) is 0 Å². The molecule has 4 heteroatoms. The highest BCUT2D eigenvalue weighted by atomic mass is 16.5. The first kappa shape index (κ1) is 12.8. The number of nitrogens with zero attached hydrogens (tertiary/aromatic N) is 1. The van der Waals surface area contributed by atoms with Crippen LogP contribution in [0.5, 0.6) is 0 Å². The highest BCUT2D eigenvalue weighted by Gasteiger charge is 2.38. The molecule has 0 spiro atoms. The summed E-state index contributed by atoms with van der Waals surface area (Å²) >= 11 is 0. The molecule has 2 unspecified atom stereocenters. The molecule has 2 bridgehead atoms. The number of hydrogen-bond donors (Lipinski definition) is 1. The van der Waals surface area contributed by atoms with Crippen LogP contribution in [0.15, 0.2) is 0 Å². The van der Waals surface area contributed by atoms with Gasteiger partial charge in [-0.1, -0.05) is 0 Å². The van der Waals surface area contributed by atoms with E-state index in [1.807, 2.05) is 6.92 Å². The molecule has 17 heavy (non-hydrogen) atoms. The Labute approximate surface area is 103 Å². The summed E-state index contributed by atoms with van der Waals surface area (Å²) in [5, 5.41) is 0. The van der Waals surface area contributed by atoms with E-state index in [0.29, 0.717) is 31.2 Å². The Hall–Kier alpha value is -0.610. The first-order valence-electron chi connectivity index (χ1n) is 6.87. The van der Waals surface area contributed by atoms with Gasteiger partial charge in [0.2, 0.25) is 0 Å². The monoisotopic (exact) mass is 240 g/mol. The number of carbonyl (C=O) groups is 1. The Morgan fingerprint density at radius 1 is 1.35 bits per heavy atom. The molecular formula is C13H24N2O2. The molecule has 2 N–H and O–H groups in total. The zero-order valence-electron chi connectivity index (χ0n) is 10.7. The molecule has 2 atom stereocenters. The Morgan fingerprint density at radius 2 is 2.00 bits per heavy atom. The maximum atomic E-state index is 11.3. The molecular weight excluding hydrogens is 216 g/mol. The molecule has 0 aromatic rings. The molecule has 0 aromatic heterocycles. The number of esters is 1. The number of nitrogens with two attached hydrogens (primary N) is 1. The van der Waals surface area contributed by atoms with E-state index in [9.17, 15) is 4.79 Å². The Bertz CT molecular complexity index is 256. The summed E-state index contributed by atoms with van der Waals surface area (Å²) in [5.74, 6) is -0.0615. The molecule has 2 rings (SSSR count). The minimum absolute atomic E-state index is 0.0615. The average molecular weight is 240 g/mol. The Kier molecular flexibility index (Phi) is 4.40. The summed E-state index contributed by atoms with van der Waals surface area (Å²) in [6.45, 7) is 3.37. The molecule has 0 amide bonds. The number of fused-ring (bicyclic) bond motifs is 2. The third-order valence-corrected chi connectivity index (χ3v) is 4.02. The molecule has 4 nitrogen and oxygen atoms in total. The predicted molar refractivity (Wildman–Crippen MR) is 66.6 cm³/mol. The minimum atomic E-state index is -0.0615. The first-order valence-corrected chi connectivity index (χ1v) is 6.87. The van der Waals surface area contributed by atoms with Gasteiger partial charge in [0.15, 0.2) is 0 Å². The standard InChI is InChI=1S/C13H24N2O2/c1-2-17-13(16)4-3-7-15-11-5-6-12(15)9-10(14)8-11/h10-12H,2-9,14H2,1H3. The van der Waals surface area contributed by atoms with Crippen LogP contribution >= 0.6 is 0 Å². The van der Waals surface area contributed by atoms with Crippen LogP contribution in [-0.4, -0.2) is 42.1 Å². The Morgan fingerprint density at radius 3 is 2.59 bits per heavy atom. The van der Waals surface area contributed by atoms with E-state index in [1.54, 1.807) is 0 Å². The zero-order chi connectivity index (χ0) is 12.3. The lowest BCUT2D eigenvalue weighted by Gasteiger charge is -2.37. The lowest BCUT2D eigenvalue weighted by Crippen LogP contribution is -2.47. The number of rotatable bonds is 5. The van der Waals surface area contributed by atoms with Gasteiger partial charge in [-0.15, -0.1) is 0 Å². The SMILES string of the molecule is CCOC(=O)CCCN1C2CCC1CC(N)C2. The van der Waals surface area contributed by atoms with Crippen molar-refractivity contribution in [1.29, 1.82) is 0 Å². The number of carbonyl (C=O) groups excluding carboxylic acids is 1. The maximum absolute atomic E-state index is 11.3. The Balaban J connectivity index is 1.71. The summed E-state index contributed by atoms with van der Waals surface area (Å²) in [7, 11) is 0. The van der Waals surface area contributed by atoms with Gasteiger partial charge in [0.1, 0.15) is 0 Å². The third kappa shape index (κ3) is 3.19. The van der Waals surface area contributed by atoms with Gasteiger partial charge >= 0.3 is 5.97 Å². The fourth-order valence-electron chi connectivity index (χ4n) is 3.32. The highest BCUT2D eigenvalue weighted by molar-refractivity contribution is 5.69. The van der Waals surface area contributed by atoms with Crippen LogP contribution in [0.4, 0.5) is 0 Å². The lowest BCUT2D eigenvalue weighted by atomic mass is 9.98. The van der Waals surface area contributed by atoms with Crippen molar-refractivity contribution in [3.63, 3.8) is 0 Å². The van der Waals surface area contributed by atoms with Gasteiger partial charge in [-0.2, -0.15) is 0 Å². The van der Waals surface area contributed by atoms with Gasteiger partial charge < -0.3 is 10.5 Å². The van der Waals surface area contributed by atoms with Crippen LogP contribution in [0.2, 0.25) is 0 Å². The topological polar surface area (TPSA) is 55.6 Å². The first-order chi connectivity index (χ1) is 8.20. The summed E-state index contributed by atoms with van der Waals surface area (Å²) in [6, 6.07) is 1.74. The van der Waals surface area contributed by atoms with E-state index in [2.05, 4.69) is 4.90 Å². The van der Waals surface area contributed by atoms with Gasteiger partial charge in [-0.05, 0) is 45.6 Å². The van der Waals surface area contributed by atoms with E-state index in [0.717, 1.165) is 25.8 Å². The molecule has 98 valence electrons. The van der Waals surface area contributed by atoms with Crippen molar-refractivity contribution in [3.05, 3.63) is 0 Å². The molecule has 0 radical (unpaired) electrons. The van der Waals surface area contributed by atoms with Crippen LogP contribution < -0.4 is 5.73 Å².